The fourth-order valence-corrected chi connectivity index (χ4v) is 2.37. The maximum atomic E-state index is 11.6. The van der Waals surface area contributed by atoms with Crippen molar-refractivity contribution in [3.63, 3.8) is 0 Å². The molecule has 0 aliphatic carbocycles. The summed E-state index contributed by atoms with van der Waals surface area (Å²) in [6.07, 6.45) is 2.04. The summed E-state index contributed by atoms with van der Waals surface area (Å²) in [4.78, 5) is 11.6. The number of carbonyl (C=O) groups excluding carboxylic acids is 1. The predicted octanol–water partition coefficient (Wildman–Crippen LogP) is 2.75. The zero-order valence-corrected chi connectivity index (χ0v) is 13.5. The predicted molar refractivity (Wildman–Crippen MR) is 84.9 cm³/mol. The van der Waals surface area contributed by atoms with Gasteiger partial charge in [0.2, 0.25) is 5.91 Å². The third-order valence-corrected chi connectivity index (χ3v) is 3.74. The van der Waals surface area contributed by atoms with E-state index in [0.29, 0.717) is 23.4 Å². The molecule has 0 bridgehead atoms. The van der Waals surface area contributed by atoms with Gasteiger partial charge in [0.15, 0.2) is 0 Å². The summed E-state index contributed by atoms with van der Waals surface area (Å²) < 4.78 is 10.8. The number of carbonyl (C=O) groups is 1. The van der Waals surface area contributed by atoms with Crippen LogP contribution in [0.2, 0.25) is 0 Å². The van der Waals surface area contributed by atoms with Crippen molar-refractivity contribution in [2.24, 2.45) is 0 Å². The van der Waals surface area contributed by atoms with Gasteiger partial charge in [0, 0.05) is 6.54 Å². The lowest BCUT2D eigenvalue weighted by atomic mass is 10.2. The van der Waals surface area contributed by atoms with Crippen molar-refractivity contribution in [2.45, 2.75) is 25.0 Å². The molecule has 0 radical (unpaired) electrons. The van der Waals surface area contributed by atoms with Gasteiger partial charge in [-0.05, 0) is 18.6 Å². The van der Waals surface area contributed by atoms with Crippen LogP contribution in [0.15, 0.2) is 33.9 Å². The van der Waals surface area contributed by atoms with Crippen LogP contribution in [0.3, 0.4) is 0 Å². The Labute approximate surface area is 133 Å². The third kappa shape index (κ3) is 4.49. The Hall–Kier alpha value is -2.02. The van der Waals surface area contributed by atoms with Crippen LogP contribution in [0, 0.1) is 0 Å². The van der Waals surface area contributed by atoms with Crippen LogP contribution < -0.4 is 10.1 Å². The van der Waals surface area contributed by atoms with Crippen molar-refractivity contribution in [1.82, 2.24) is 15.5 Å². The molecule has 2 rings (SSSR count). The van der Waals surface area contributed by atoms with Gasteiger partial charge in [-0.25, -0.2) is 0 Å². The summed E-state index contributed by atoms with van der Waals surface area (Å²) in [5.41, 5.74) is 0.733. The molecule has 0 atom stereocenters. The highest BCUT2D eigenvalue weighted by Crippen LogP contribution is 2.30. The first-order valence-corrected chi connectivity index (χ1v) is 8.09. The van der Waals surface area contributed by atoms with Crippen molar-refractivity contribution < 1.29 is 13.9 Å². The second-order valence-corrected chi connectivity index (χ2v) is 5.49. The number of amides is 1. The highest BCUT2D eigenvalue weighted by atomic mass is 32.2. The fourth-order valence-electron chi connectivity index (χ4n) is 1.78. The number of aromatic nitrogens is 2. The molecule has 0 saturated carbocycles. The fraction of sp³-hybridized carbons (Fsp3) is 0.400. The standard InChI is InChI=1S/C15H19N3O3S/c1-3-4-9-16-13(19)10-22-15-18-17-14(21-15)11-7-5-6-8-12(11)20-2/h5-8H,3-4,9-10H2,1-2H3,(H,16,19). The van der Waals surface area contributed by atoms with Crippen LogP contribution in [0.4, 0.5) is 0 Å². The van der Waals surface area contributed by atoms with Gasteiger partial charge in [0.1, 0.15) is 5.75 Å². The Morgan fingerprint density at radius 1 is 1.36 bits per heavy atom. The highest BCUT2D eigenvalue weighted by Gasteiger charge is 2.14. The zero-order chi connectivity index (χ0) is 15.8. The second-order valence-electron chi connectivity index (χ2n) is 4.57. The summed E-state index contributed by atoms with van der Waals surface area (Å²) in [5, 5.41) is 11.2. The van der Waals surface area contributed by atoms with E-state index < -0.39 is 0 Å². The largest absolute Gasteiger partial charge is 0.496 e. The highest BCUT2D eigenvalue weighted by molar-refractivity contribution is 7.99. The molecule has 0 aliphatic rings. The molecule has 22 heavy (non-hydrogen) atoms. The molecule has 1 aromatic carbocycles. The number of ether oxygens (including phenoxy) is 1. The van der Waals surface area contributed by atoms with E-state index in [0.717, 1.165) is 18.4 Å². The molecular formula is C15H19N3O3S. The Bertz CT molecular complexity index is 616. The van der Waals surface area contributed by atoms with E-state index in [1.165, 1.54) is 11.8 Å². The molecule has 1 aromatic heterocycles. The van der Waals surface area contributed by atoms with E-state index in [1.807, 2.05) is 24.3 Å². The average Bonchev–Trinajstić information content (AvgIpc) is 3.02. The molecule has 6 nitrogen and oxygen atoms in total. The minimum atomic E-state index is -0.0320. The molecule has 0 saturated heterocycles. The van der Waals surface area contributed by atoms with Crippen LogP contribution in [-0.4, -0.2) is 35.5 Å². The molecule has 0 aliphatic heterocycles. The van der Waals surface area contributed by atoms with Crippen LogP contribution in [0.25, 0.3) is 11.5 Å². The lowest BCUT2D eigenvalue weighted by Gasteiger charge is -2.03. The number of hydrogen-bond donors (Lipinski definition) is 1. The summed E-state index contributed by atoms with van der Waals surface area (Å²) in [7, 11) is 1.59. The van der Waals surface area contributed by atoms with Crippen molar-refractivity contribution in [1.29, 1.82) is 0 Å². The Kier molecular flexibility index (Phi) is 6.27. The minimum absolute atomic E-state index is 0.0320. The summed E-state index contributed by atoms with van der Waals surface area (Å²) >= 11 is 1.22. The Balaban J connectivity index is 1.93. The van der Waals surface area contributed by atoms with Gasteiger partial charge in [-0.2, -0.15) is 0 Å². The van der Waals surface area contributed by atoms with E-state index >= 15 is 0 Å². The third-order valence-electron chi connectivity index (χ3n) is 2.92. The SMILES string of the molecule is CCCCNC(=O)CSc1nnc(-c2ccccc2OC)o1. The van der Waals surface area contributed by atoms with Crippen molar-refractivity contribution >= 4 is 17.7 Å². The van der Waals surface area contributed by atoms with Crippen LogP contribution in [0.1, 0.15) is 19.8 Å². The molecule has 1 heterocycles. The maximum Gasteiger partial charge on any atom is 0.277 e. The number of hydrogen-bond acceptors (Lipinski definition) is 6. The molecule has 1 amide bonds. The van der Waals surface area contributed by atoms with E-state index in [-0.39, 0.29) is 11.7 Å². The maximum absolute atomic E-state index is 11.6. The summed E-state index contributed by atoms with van der Waals surface area (Å²) in [6.45, 7) is 2.78. The molecule has 0 fully saturated rings. The normalized spacial score (nSPS) is 10.5. The molecular weight excluding hydrogens is 302 g/mol. The lowest BCUT2D eigenvalue weighted by molar-refractivity contribution is -0.118. The summed E-state index contributed by atoms with van der Waals surface area (Å²) in [5.74, 6) is 1.28. The van der Waals surface area contributed by atoms with Gasteiger partial charge in [-0.3, -0.25) is 4.79 Å². The Morgan fingerprint density at radius 2 is 2.18 bits per heavy atom. The first-order chi connectivity index (χ1) is 10.7. The molecule has 7 heteroatoms. The van der Waals surface area contributed by atoms with Gasteiger partial charge in [-0.1, -0.05) is 37.2 Å². The van der Waals surface area contributed by atoms with Gasteiger partial charge in [0.25, 0.3) is 11.1 Å². The van der Waals surface area contributed by atoms with Gasteiger partial charge in [-0.15, -0.1) is 10.2 Å². The number of rotatable bonds is 8. The van der Waals surface area contributed by atoms with Gasteiger partial charge >= 0.3 is 0 Å². The zero-order valence-electron chi connectivity index (χ0n) is 12.7. The number of unbranched alkanes of at least 4 members (excludes halogenated alkanes) is 1. The Morgan fingerprint density at radius 3 is 2.95 bits per heavy atom. The van der Waals surface area contributed by atoms with E-state index in [2.05, 4.69) is 22.4 Å². The quantitative estimate of drug-likeness (QED) is 0.595. The molecule has 1 N–H and O–H groups in total. The topological polar surface area (TPSA) is 77.2 Å². The van der Waals surface area contributed by atoms with Crippen molar-refractivity contribution in [2.75, 3.05) is 19.4 Å². The van der Waals surface area contributed by atoms with E-state index in [1.54, 1.807) is 7.11 Å². The number of nitrogens with one attached hydrogen (secondary N) is 1. The van der Waals surface area contributed by atoms with E-state index in [4.69, 9.17) is 9.15 Å². The van der Waals surface area contributed by atoms with Gasteiger partial charge < -0.3 is 14.5 Å². The smallest absolute Gasteiger partial charge is 0.277 e. The number of para-hydroxylation sites is 1. The van der Waals surface area contributed by atoms with Crippen molar-refractivity contribution in [3.8, 4) is 17.2 Å². The first-order valence-electron chi connectivity index (χ1n) is 7.11. The van der Waals surface area contributed by atoms with Crippen molar-refractivity contribution in [3.05, 3.63) is 24.3 Å². The van der Waals surface area contributed by atoms with Gasteiger partial charge in [0.05, 0.1) is 18.4 Å². The first kappa shape index (κ1) is 16.4. The van der Waals surface area contributed by atoms with Crippen LogP contribution >= 0.6 is 11.8 Å². The molecule has 2 aromatic rings. The number of benzene rings is 1. The summed E-state index contributed by atoms with van der Waals surface area (Å²) in [6, 6.07) is 7.41. The molecule has 0 spiro atoms. The number of thioether (sulfide) groups is 1. The second kappa shape index (κ2) is 8.43. The lowest BCUT2D eigenvalue weighted by Crippen LogP contribution is -2.25. The molecule has 118 valence electrons. The number of nitrogens with zero attached hydrogens (tertiary/aromatic N) is 2. The van der Waals surface area contributed by atoms with Crippen LogP contribution in [-0.2, 0) is 4.79 Å². The average molecular weight is 321 g/mol. The van der Waals surface area contributed by atoms with E-state index in [9.17, 15) is 4.79 Å². The minimum Gasteiger partial charge on any atom is -0.496 e. The molecule has 0 unspecified atom stereocenters. The monoisotopic (exact) mass is 321 g/mol. The van der Waals surface area contributed by atoms with Crippen LogP contribution in [0.5, 0.6) is 5.75 Å². The number of methoxy groups -OCH3 is 1.